The van der Waals surface area contributed by atoms with Crippen LogP contribution in [0, 0.1) is 0 Å². The highest BCUT2D eigenvalue weighted by molar-refractivity contribution is 9.10. The highest BCUT2D eigenvalue weighted by Crippen LogP contribution is 2.16. The van der Waals surface area contributed by atoms with E-state index >= 15 is 0 Å². The van der Waals surface area contributed by atoms with Crippen LogP contribution in [-0.2, 0) is 13.1 Å². The molecule has 2 heterocycles. The number of aromatic nitrogens is 6. The van der Waals surface area contributed by atoms with Crippen LogP contribution in [0.4, 0.5) is 5.69 Å². The van der Waals surface area contributed by atoms with E-state index < -0.39 is 0 Å². The Morgan fingerprint density at radius 3 is 3.11 bits per heavy atom. The van der Waals surface area contributed by atoms with Crippen molar-refractivity contribution < 1.29 is 0 Å². The molecule has 0 radical (unpaired) electrons. The fourth-order valence-electron chi connectivity index (χ4n) is 1.27. The van der Waals surface area contributed by atoms with E-state index in [1.165, 1.54) is 4.68 Å². The SMILES string of the molecule is C=CCn1ncc(NCc2nn[nH]n2)c(Br)c1=O. The molecule has 0 aliphatic heterocycles. The Kier molecular flexibility index (Phi) is 3.82. The molecule has 0 fully saturated rings. The third-order valence-corrected chi connectivity index (χ3v) is 2.88. The van der Waals surface area contributed by atoms with Crippen molar-refractivity contribution in [2.45, 2.75) is 13.1 Å². The van der Waals surface area contributed by atoms with E-state index in [9.17, 15) is 4.79 Å². The number of tetrazole rings is 1. The maximum absolute atomic E-state index is 11.9. The highest BCUT2D eigenvalue weighted by atomic mass is 79.9. The summed E-state index contributed by atoms with van der Waals surface area (Å²) in [5.41, 5.74) is 0.345. The van der Waals surface area contributed by atoms with Gasteiger partial charge >= 0.3 is 0 Å². The van der Waals surface area contributed by atoms with Gasteiger partial charge in [0.05, 0.1) is 25.0 Å². The monoisotopic (exact) mass is 311 g/mol. The van der Waals surface area contributed by atoms with Gasteiger partial charge in [-0.2, -0.15) is 10.3 Å². The predicted molar refractivity (Wildman–Crippen MR) is 67.9 cm³/mol. The van der Waals surface area contributed by atoms with Gasteiger partial charge in [-0.25, -0.2) is 4.68 Å². The van der Waals surface area contributed by atoms with Crippen LogP contribution >= 0.6 is 15.9 Å². The maximum atomic E-state index is 11.9. The van der Waals surface area contributed by atoms with Crippen molar-refractivity contribution in [1.82, 2.24) is 30.4 Å². The zero-order chi connectivity index (χ0) is 13.0. The molecule has 0 aromatic carbocycles. The van der Waals surface area contributed by atoms with Gasteiger partial charge in [0.25, 0.3) is 5.56 Å². The van der Waals surface area contributed by atoms with Gasteiger partial charge < -0.3 is 5.32 Å². The van der Waals surface area contributed by atoms with Gasteiger partial charge in [-0.3, -0.25) is 4.79 Å². The molecule has 0 amide bonds. The minimum atomic E-state index is -0.229. The molecule has 0 atom stereocenters. The lowest BCUT2D eigenvalue weighted by atomic mass is 10.4. The van der Waals surface area contributed by atoms with Crippen LogP contribution in [0.25, 0.3) is 0 Å². The summed E-state index contributed by atoms with van der Waals surface area (Å²) in [6, 6.07) is 0. The molecular weight excluding hydrogens is 302 g/mol. The van der Waals surface area contributed by atoms with E-state index in [1.54, 1.807) is 12.3 Å². The minimum absolute atomic E-state index is 0.229. The number of nitrogens with zero attached hydrogens (tertiary/aromatic N) is 5. The van der Waals surface area contributed by atoms with Crippen molar-refractivity contribution >= 4 is 21.6 Å². The average Bonchev–Trinajstić information content (AvgIpc) is 2.87. The molecule has 18 heavy (non-hydrogen) atoms. The quantitative estimate of drug-likeness (QED) is 0.771. The van der Waals surface area contributed by atoms with Crippen LogP contribution in [-0.4, -0.2) is 30.4 Å². The lowest BCUT2D eigenvalue weighted by molar-refractivity contribution is 0.648. The van der Waals surface area contributed by atoms with E-state index in [-0.39, 0.29) is 5.56 Å². The molecule has 0 saturated carbocycles. The first-order chi connectivity index (χ1) is 8.72. The summed E-state index contributed by atoms with van der Waals surface area (Å²) in [6.45, 7) is 4.27. The molecule has 2 aromatic heterocycles. The molecule has 0 saturated heterocycles. The Morgan fingerprint density at radius 1 is 1.61 bits per heavy atom. The number of rotatable bonds is 5. The number of hydrogen-bond donors (Lipinski definition) is 2. The van der Waals surface area contributed by atoms with Gasteiger partial charge in [0.2, 0.25) is 0 Å². The lowest BCUT2D eigenvalue weighted by Crippen LogP contribution is -2.24. The maximum Gasteiger partial charge on any atom is 0.283 e. The van der Waals surface area contributed by atoms with E-state index in [1.807, 2.05) is 0 Å². The number of hydrogen-bond acceptors (Lipinski definition) is 6. The Balaban J connectivity index is 2.16. The van der Waals surface area contributed by atoms with Gasteiger partial charge in [-0.05, 0) is 15.9 Å². The van der Waals surface area contributed by atoms with Crippen LogP contribution in [0.1, 0.15) is 5.82 Å². The number of H-pyrrole nitrogens is 1. The molecule has 0 spiro atoms. The predicted octanol–water partition coefficient (Wildman–Crippen LogP) is 0.317. The lowest BCUT2D eigenvalue weighted by Gasteiger charge is -2.07. The summed E-state index contributed by atoms with van der Waals surface area (Å²) < 4.78 is 1.71. The average molecular weight is 312 g/mol. The Bertz CT molecular complexity index is 591. The standard InChI is InChI=1S/C9H10BrN7O/c1-2-3-17-9(18)8(10)6(4-12-17)11-5-7-13-15-16-14-7/h2,4,11H,1,3,5H2,(H,13,14,15,16). The summed E-state index contributed by atoms with van der Waals surface area (Å²) in [6.07, 6.45) is 3.16. The molecule has 2 aromatic rings. The van der Waals surface area contributed by atoms with E-state index in [4.69, 9.17) is 0 Å². The second kappa shape index (κ2) is 5.54. The van der Waals surface area contributed by atoms with E-state index in [0.717, 1.165) is 0 Å². The van der Waals surface area contributed by atoms with Gasteiger partial charge in [-0.1, -0.05) is 11.3 Å². The largest absolute Gasteiger partial charge is 0.375 e. The number of nitrogens with one attached hydrogen (secondary N) is 2. The summed E-state index contributed by atoms with van der Waals surface area (Å²) in [5.74, 6) is 0.497. The van der Waals surface area contributed by atoms with Crippen LogP contribution in [0.3, 0.4) is 0 Å². The molecule has 8 nitrogen and oxygen atoms in total. The number of halogens is 1. The summed E-state index contributed by atoms with van der Waals surface area (Å²) in [7, 11) is 0. The van der Waals surface area contributed by atoms with Crippen LogP contribution in [0.2, 0.25) is 0 Å². The fourth-order valence-corrected chi connectivity index (χ4v) is 1.72. The summed E-state index contributed by atoms with van der Waals surface area (Å²) >= 11 is 3.23. The molecular formula is C9H10BrN7O. The highest BCUT2D eigenvalue weighted by Gasteiger charge is 2.08. The first kappa shape index (κ1) is 12.4. The van der Waals surface area contributed by atoms with E-state index in [2.05, 4.69) is 53.5 Å². The van der Waals surface area contributed by atoms with Crippen molar-refractivity contribution in [2.75, 3.05) is 5.32 Å². The van der Waals surface area contributed by atoms with Crippen molar-refractivity contribution in [3.63, 3.8) is 0 Å². The molecule has 0 aliphatic carbocycles. The smallest absolute Gasteiger partial charge is 0.283 e. The van der Waals surface area contributed by atoms with Gasteiger partial charge in [-0.15, -0.1) is 16.8 Å². The van der Waals surface area contributed by atoms with Crippen LogP contribution < -0.4 is 10.9 Å². The molecule has 2 N–H and O–H groups in total. The Morgan fingerprint density at radius 2 is 2.44 bits per heavy atom. The third-order valence-electron chi connectivity index (χ3n) is 2.11. The van der Waals surface area contributed by atoms with Gasteiger partial charge in [0.15, 0.2) is 5.82 Å². The zero-order valence-electron chi connectivity index (χ0n) is 9.30. The molecule has 0 bridgehead atoms. The number of allylic oxidation sites excluding steroid dienone is 1. The zero-order valence-corrected chi connectivity index (χ0v) is 10.9. The normalized spacial score (nSPS) is 10.3. The Labute approximate surface area is 110 Å². The van der Waals surface area contributed by atoms with Crippen molar-refractivity contribution in [1.29, 1.82) is 0 Å². The topological polar surface area (TPSA) is 101 Å². The van der Waals surface area contributed by atoms with E-state index in [0.29, 0.717) is 29.1 Å². The summed E-state index contributed by atoms with van der Waals surface area (Å²) in [5, 5.41) is 20.3. The second-order valence-electron chi connectivity index (χ2n) is 3.33. The van der Waals surface area contributed by atoms with Gasteiger partial charge in [0.1, 0.15) is 4.47 Å². The first-order valence-electron chi connectivity index (χ1n) is 5.05. The summed E-state index contributed by atoms with van der Waals surface area (Å²) in [4.78, 5) is 11.9. The molecule has 94 valence electrons. The van der Waals surface area contributed by atoms with Crippen LogP contribution in [0.5, 0.6) is 0 Å². The van der Waals surface area contributed by atoms with Crippen molar-refractivity contribution in [3.8, 4) is 0 Å². The minimum Gasteiger partial charge on any atom is -0.375 e. The third kappa shape index (κ3) is 2.62. The Hall–Kier alpha value is -2.03. The molecule has 9 heteroatoms. The number of anilines is 1. The molecule has 2 rings (SSSR count). The fraction of sp³-hybridized carbons (Fsp3) is 0.222. The van der Waals surface area contributed by atoms with Crippen molar-refractivity contribution in [3.05, 3.63) is 39.5 Å². The van der Waals surface area contributed by atoms with Crippen molar-refractivity contribution in [2.24, 2.45) is 0 Å². The van der Waals surface area contributed by atoms with Crippen LogP contribution in [0.15, 0.2) is 28.1 Å². The number of aromatic amines is 1. The molecule has 0 unspecified atom stereocenters. The van der Waals surface area contributed by atoms with Gasteiger partial charge in [0, 0.05) is 0 Å². The second-order valence-corrected chi connectivity index (χ2v) is 4.12. The molecule has 0 aliphatic rings. The first-order valence-corrected chi connectivity index (χ1v) is 5.84.